The van der Waals surface area contributed by atoms with E-state index in [2.05, 4.69) is 0 Å². The van der Waals surface area contributed by atoms with Crippen LogP contribution in [-0.4, -0.2) is 15.6 Å². The minimum atomic E-state index is -1.96. The average molecular weight is 124 g/mol. The van der Waals surface area contributed by atoms with Crippen LogP contribution in [-0.2, 0) is 0 Å². The van der Waals surface area contributed by atoms with E-state index >= 15 is 0 Å². The topological polar surface area (TPSA) is 0 Å². The Morgan fingerprint density at radius 3 is 2.29 bits per heavy atom. The molecular formula is C4H10F2Si. The van der Waals surface area contributed by atoms with Gasteiger partial charge < -0.3 is 0 Å². The summed E-state index contributed by atoms with van der Waals surface area (Å²) in [5.74, 6) is 0. The molecule has 0 aromatic rings. The highest BCUT2D eigenvalue weighted by molar-refractivity contribution is 6.36. The fourth-order valence-corrected chi connectivity index (χ4v) is 1.08. The van der Waals surface area contributed by atoms with Crippen LogP contribution in [0.15, 0.2) is 0 Å². The van der Waals surface area contributed by atoms with Crippen molar-refractivity contribution in [2.45, 2.75) is 25.4 Å². The minimum Gasteiger partial charge on any atom is -0.216 e. The quantitative estimate of drug-likeness (QED) is 0.496. The monoisotopic (exact) mass is 124 g/mol. The molecule has 0 aliphatic carbocycles. The maximum absolute atomic E-state index is 11.3. The Labute approximate surface area is 44.7 Å². The molecule has 0 aliphatic rings. The molecule has 0 bridgehead atoms. The molecule has 0 saturated heterocycles. The third kappa shape index (κ3) is 6.08. The van der Waals surface area contributed by atoms with Gasteiger partial charge in [-0.15, -0.1) is 0 Å². The third-order valence-electron chi connectivity index (χ3n) is 0.776. The predicted octanol–water partition coefficient (Wildman–Crippen LogP) is 1.21. The maximum atomic E-state index is 11.3. The Morgan fingerprint density at radius 2 is 2.14 bits per heavy atom. The van der Waals surface area contributed by atoms with Gasteiger partial charge >= 0.3 is 0 Å². The summed E-state index contributed by atoms with van der Waals surface area (Å²) in [6, 6.07) is -1.17. The van der Waals surface area contributed by atoms with Crippen LogP contribution < -0.4 is 0 Å². The molecule has 0 fully saturated rings. The Balaban J connectivity index is 2.68. The van der Waals surface area contributed by atoms with Gasteiger partial charge in [-0.2, -0.15) is 0 Å². The largest absolute Gasteiger partial charge is 0.216 e. The number of rotatable bonds is 3. The second-order valence-corrected chi connectivity index (χ2v) is 3.43. The van der Waals surface area contributed by atoms with Crippen LogP contribution in [0.2, 0.25) is 6.04 Å². The van der Waals surface area contributed by atoms with Gasteiger partial charge in [-0.25, -0.2) is 8.78 Å². The van der Waals surface area contributed by atoms with Gasteiger partial charge in [0.25, 0.3) is 0 Å². The lowest BCUT2D eigenvalue weighted by atomic mass is 10.6. The van der Waals surface area contributed by atoms with E-state index < -0.39 is 15.6 Å². The Bertz CT molecular complexity index is 38.7. The van der Waals surface area contributed by atoms with Gasteiger partial charge in [0.05, 0.1) is 0 Å². The second-order valence-electron chi connectivity index (χ2n) is 1.53. The fraction of sp³-hybridized carbons (Fsp3) is 1.00. The number of hydrogen-bond acceptors (Lipinski definition) is 0. The lowest BCUT2D eigenvalue weighted by Gasteiger charge is -1.90. The van der Waals surface area contributed by atoms with E-state index in [1.807, 2.05) is 6.92 Å². The minimum absolute atomic E-state index is 0.789. The van der Waals surface area contributed by atoms with E-state index in [0.717, 1.165) is 12.5 Å². The van der Waals surface area contributed by atoms with Crippen LogP contribution in [0, 0.1) is 0 Å². The third-order valence-corrected chi connectivity index (χ3v) is 2.33. The van der Waals surface area contributed by atoms with Gasteiger partial charge in [0.1, 0.15) is 9.52 Å². The van der Waals surface area contributed by atoms with Crippen LogP contribution in [0.1, 0.15) is 13.3 Å². The summed E-state index contributed by atoms with van der Waals surface area (Å²) in [4.78, 5) is 0. The average Bonchev–Trinajstić information content (AvgIpc) is 1.61. The van der Waals surface area contributed by atoms with Crippen LogP contribution in [0.4, 0.5) is 8.78 Å². The molecule has 3 heteroatoms. The highest BCUT2D eigenvalue weighted by Crippen LogP contribution is 1.94. The molecule has 0 radical (unpaired) electrons. The van der Waals surface area contributed by atoms with Crippen molar-refractivity contribution in [1.29, 1.82) is 0 Å². The molecule has 0 aliphatic heterocycles. The molecule has 44 valence electrons. The van der Waals surface area contributed by atoms with Crippen molar-refractivity contribution >= 4 is 9.52 Å². The second kappa shape index (κ2) is 4.24. The van der Waals surface area contributed by atoms with Crippen LogP contribution in [0.5, 0.6) is 0 Å². The number of hydrogen-bond donors (Lipinski definition) is 0. The first-order valence-corrected chi connectivity index (χ1v) is 4.37. The summed E-state index contributed by atoms with van der Waals surface area (Å²) in [7, 11) is -0.987. The summed E-state index contributed by atoms with van der Waals surface area (Å²) in [6.07, 6.45) is 0.927. The Kier molecular flexibility index (Phi) is 4.29. The normalized spacial score (nSPS) is 12.0. The van der Waals surface area contributed by atoms with Crippen molar-refractivity contribution in [2.24, 2.45) is 0 Å². The summed E-state index contributed by atoms with van der Waals surface area (Å²) in [5.41, 5.74) is 0. The molecule has 0 heterocycles. The summed E-state index contributed by atoms with van der Waals surface area (Å²) >= 11 is 0. The lowest BCUT2D eigenvalue weighted by molar-refractivity contribution is 0.237. The zero-order chi connectivity index (χ0) is 5.70. The molecule has 0 amide bonds. The van der Waals surface area contributed by atoms with Crippen LogP contribution >= 0.6 is 0 Å². The van der Waals surface area contributed by atoms with Gasteiger partial charge in [-0.05, 0) is 0 Å². The van der Waals surface area contributed by atoms with Crippen molar-refractivity contribution < 1.29 is 8.78 Å². The summed E-state index contributed by atoms with van der Waals surface area (Å²) in [6.45, 7) is 1.94. The van der Waals surface area contributed by atoms with E-state index in [9.17, 15) is 8.78 Å². The van der Waals surface area contributed by atoms with Crippen molar-refractivity contribution in [3.05, 3.63) is 0 Å². The number of halogens is 2. The van der Waals surface area contributed by atoms with Gasteiger partial charge in [0, 0.05) is 0 Å². The van der Waals surface area contributed by atoms with E-state index in [0.29, 0.717) is 0 Å². The summed E-state index contributed by atoms with van der Waals surface area (Å²) < 4.78 is 22.6. The molecule has 0 aromatic heterocycles. The highest BCUT2D eigenvalue weighted by atomic mass is 28.2. The Hall–Kier alpha value is 0.0769. The number of alkyl halides is 2. The first-order valence-electron chi connectivity index (χ1n) is 2.55. The molecular weight excluding hydrogens is 114 g/mol. The van der Waals surface area contributed by atoms with Crippen molar-refractivity contribution in [3.8, 4) is 0 Å². The van der Waals surface area contributed by atoms with Gasteiger partial charge in [0.2, 0.25) is 6.05 Å². The van der Waals surface area contributed by atoms with Crippen molar-refractivity contribution in [1.82, 2.24) is 0 Å². The van der Waals surface area contributed by atoms with E-state index in [-0.39, 0.29) is 0 Å². The highest BCUT2D eigenvalue weighted by Gasteiger charge is 1.99. The first kappa shape index (κ1) is 7.08. The molecule has 0 saturated carbocycles. The molecule has 7 heavy (non-hydrogen) atoms. The lowest BCUT2D eigenvalue weighted by Crippen LogP contribution is -2.01. The van der Waals surface area contributed by atoms with Gasteiger partial charge in [0.15, 0.2) is 0 Å². The smallest absolute Gasteiger partial charge is 0.214 e. The van der Waals surface area contributed by atoms with Crippen LogP contribution in [0.3, 0.4) is 0 Å². The maximum Gasteiger partial charge on any atom is 0.214 e. The van der Waals surface area contributed by atoms with E-state index in [1.165, 1.54) is 0 Å². The molecule has 0 rings (SSSR count). The van der Waals surface area contributed by atoms with E-state index in [1.54, 1.807) is 0 Å². The van der Waals surface area contributed by atoms with Gasteiger partial charge in [-0.3, -0.25) is 0 Å². The standard InChI is InChI=1S/C4H10F2Si/c1-2-3-7-4(5)6/h4H,2-3,7H2,1H3. The molecule has 0 N–H and O–H groups in total. The SMILES string of the molecule is CCC[SiH2]C(F)F. The molecule has 0 nitrogen and oxygen atoms in total. The zero-order valence-corrected chi connectivity index (χ0v) is 5.87. The first-order chi connectivity index (χ1) is 3.27. The zero-order valence-electron chi connectivity index (χ0n) is 4.45. The summed E-state index contributed by atoms with van der Waals surface area (Å²) in [5, 5.41) is 0. The molecule has 0 unspecified atom stereocenters. The van der Waals surface area contributed by atoms with Crippen LogP contribution in [0.25, 0.3) is 0 Å². The van der Waals surface area contributed by atoms with Crippen molar-refractivity contribution in [3.63, 3.8) is 0 Å². The Morgan fingerprint density at radius 1 is 1.57 bits per heavy atom. The fourth-order valence-electron chi connectivity index (χ4n) is 0.358. The van der Waals surface area contributed by atoms with E-state index in [4.69, 9.17) is 0 Å². The van der Waals surface area contributed by atoms with Gasteiger partial charge in [-0.1, -0.05) is 19.4 Å². The molecule has 0 spiro atoms. The predicted molar refractivity (Wildman–Crippen MR) is 29.6 cm³/mol. The molecule has 0 atom stereocenters. The molecule has 0 aromatic carbocycles. The van der Waals surface area contributed by atoms with Crippen molar-refractivity contribution in [2.75, 3.05) is 0 Å².